The first-order chi connectivity index (χ1) is 28.1. The Bertz CT molecular complexity index is 2570. The van der Waals surface area contributed by atoms with Gasteiger partial charge in [-0.25, -0.2) is 0 Å². The normalized spacial score (nSPS) is 23.9. The zero-order chi connectivity index (χ0) is 38.3. The van der Waals surface area contributed by atoms with E-state index in [2.05, 4.69) is 114 Å². The van der Waals surface area contributed by atoms with Gasteiger partial charge >= 0.3 is 0 Å². The number of methoxy groups -OCH3 is 3. The molecule has 57 heavy (non-hydrogen) atoms. The first kappa shape index (κ1) is 34.5. The van der Waals surface area contributed by atoms with E-state index < -0.39 is 5.60 Å². The summed E-state index contributed by atoms with van der Waals surface area (Å²) >= 11 is 0. The van der Waals surface area contributed by atoms with Crippen LogP contribution >= 0.6 is 0 Å². The maximum absolute atomic E-state index is 7.86. The minimum Gasteiger partial charge on any atom is -0.497 e. The van der Waals surface area contributed by atoms with Crippen LogP contribution in [0.15, 0.2) is 115 Å². The summed E-state index contributed by atoms with van der Waals surface area (Å²) in [5.74, 6) is 4.72. The smallest absolute Gasteiger partial charge is 0.178 e. The van der Waals surface area contributed by atoms with Crippen LogP contribution in [-0.4, -0.2) is 47.6 Å². The molecule has 6 aromatic carbocycles. The molecule has 0 radical (unpaired) electrons. The van der Waals surface area contributed by atoms with Gasteiger partial charge in [-0.2, -0.15) is 0 Å². The zero-order valence-electron chi connectivity index (χ0n) is 32.8. The lowest BCUT2D eigenvalue weighted by Gasteiger charge is -2.41. The number of benzene rings is 6. The summed E-state index contributed by atoms with van der Waals surface area (Å²) in [6.45, 7) is 2.97. The largest absolute Gasteiger partial charge is 0.497 e. The van der Waals surface area contributed by atoms with Gasteiger partial charge in [-0.1, -0.05) is 85.3 Å². The van der Waals surface area contributed by atoms with Gasteiger partial charge in [0.15, 0.2) is 5.60 Å². The van der Waals surface area contributed by atoms with Gasteiger partial charge in [0.1, 0.15) is 23.0 Å². The topological polar surface area (TPSA) is 49.4 Å². The SMILES string of the molecule is COc1ccc(-c2cc3c4c(c5c(c3cc2OC)OC(c2ccccc2)(c2ccc(OC)c(N3CCOCC3)c2)C=C5)C2(CC3CCC2C3)c2ccccc2-4)cc1. The molecule has 286 valence electrons. The Morgan fingerprint density at radius 1 is 0.702 bits per heavy atom. The van der Waals surface area contributed by atoms with Crippen LogP contribution in [0.1, 0.15) is 53.5 Å². The molecule has 1 spiro atoms. The Hall–Kier alpha value is -5.72. The van der Waals surface area contributed by atoms with E-state index in [1.165, 1.54) is 58.9 Å². The summed E-state index contributed by atoms with van der Waals surface area (Å²) < 4.78 is 31.4. The monoisotopic (exact) mass is 753 g/mol. The zero-order valence-corrected chi connectivity index (χ0v) is 32.8. The van der Waals surface area contributed by atoms with Gasteiger partial charge in [0.25, 0.3) is 0 Å². The summed E-state index contributed by atoms with van der Waals surface area (Å²) in [5, 5.41) is 2.25. The summed E-state index contributed by atoms with van der Waals surface area (Å²) in [4.78, 5) is 2.37. The van der Waals surface area contributed by atoms with Crippen molar-refractivity contribution in [3.63, 3.8) is 0 Å². The second kappa shape index (κ2) is 13.2. The molecule has 3 fully saturated rings. The fourth-order valence-corrected chi connectivity index (χ4v) is 11.4. The van der Waals surface area contributed by atoms with Crippen LogP contribution in [0.4, 0.5) is 5.69 Å². The Labute approximate surface area is 334 Å². The summed E-state index contributed by atoms with van der Waals surface area (Å²) in [6.07, 6.45) is 9.79. The molecular weight excluding hydrogens is 707 g/mol. The third kappa shape index (κ3) is 4.99. The van der Waals surface area contributed by atoms with E-state index >= 15 is 0 Å². The van der Waals surface area contributed by atoms with Crippen molar-refractivity contribution >= 4 is 22.5 Å². The van der Waals surface area contributed by atoms with Crippen molar-refractivity contribution in [3.8, 4) is 45.3 Å². The Kier molecular flexibility index (Phi) is 7.98. The molecule has 4 unspecified atom stereocenters. The Morgan fingerprint density at radius 3 is 2.23 bits per heavy atom. The van der Waals surface area contributed by atoms with Gasteiger partial charge < -0.3 is 28.6 Å². The lowest BCUT2D eigenvalue weighted by molar-refractivity contribution is 0.122. The third-order valence-corrected chi connectivity index (χ3v) is 13.9. The van der Waals surface area contributed by atoms with Crippen LogP contribution in [-0.2, 0) is 15.8 Å². The molecule has 11 rings (SSSR count). The fourth-order valence-electron chi connectivity index (χ4n) is 11.4. The third-order valence-electron chi connectivity index (χ3n) is 13.9. The summed E-state index contributed by atoms with van der Waals surface area (Å²) in [6, 6.07) is 39.4. The first-order valence-electron chi connectivity index (χ1n) is 20.5. The van der Waals surface area contributed by atoms with Crippen LogP contribution in [0, 0.1) is 11.8 Å². The van der Waals surface area contributed by atoms with E-state index in [9.17, 15) is 0 Å². The van der Waals surface area contributed by atoms with Gasteiger partial charge in [-0.3, -0.25) is 0 Å². The van der Waals surface area contributed by atoms with E-state index in [4.69, 9.17) is 23.7 Å². The van der Waals surface area contributed by atoms with Gasteiger partial charge in [0.2, 0.25) is 0 Å². The molecular formula is C51H47NO5. The number of morpholine rings is 1. The molecule has 2 saturated carbocycles. The van der Waals surface area contributed by atoms with Crippen LogP contribution in [0.5, 0.6) is 23.0 Å². The lowest BCUT2D eigenvalue weighted by Crippen LogP contribution is -2.38. The molecule has 2 bridgehead atoms. The highest BCUT2D eigenvalue weighted by Crippen LogP contribution is 2.69. The highest BCUT2D eigenvalue weighted by atomic mass is 16.5. The van der Waals surface area contributed by atoms with Gasteiger partial charge in [-0.15, -0.1) is 0 Å². The highest BCUT2D eigenvalue weighted by molar-refractivity contribution is 6.11. The van der Waals surface area contributed by atoms with Crippen LogP contribution in [0.25, 0.3) is 39.1 Å². The number of fused-ring (bicyclic) bond motifs is 13. The second-order valence-corrected chi connectivity index (χ2v) is 16.4. The van der Waals surface area contributed by atoms with E-state index in [0.717, 1.165) is 75.3 Å². The van der Waals surface area contributed by atoms with Crippen molar-refractivity contribution in [3.05, 3.63) is 143 Å². The van der Waals surface area contributed by atoms with Crippen molar-refractivity contribution in [2.45, 2.75) is 36.7 Å². The number of ether oxygens (including phenoxy) is 5. The predicted molar refractivity (Wildman–Crippen MR) is 227 cm³/mol. The van der Waals surface area contributed by atoms with Crippen molar-refractivity contribution in [2.24, 2.45) is 11.8 Å². The molecule has 1 saturated heterocycles. The molecule has 2 aliphatic heterocycles. The minimum absolute atomic E-state index is 0.0582. The molecule has 0 N–H and O–H groups in total. The molecule has 2 heterocycles. The molecule has 6 aromatic rings. The van der Waals surface area contributed by atoms with E-state index in [0.29, 0.717) is 19.1 Å². The molecule has 4 atom stereocenters. The molecule has 5 aliphatic rings. The fraction of sp³-hybridized carbons (Fsp3) is 0.294. The number of hydrogen-bond donors (Lipinski definition) is 0. The standard InChI is InChI=1S/C51H47NO5/c1-53-37-18-14-33(15-19-37)40-29-41-42(30-46(40)55-3)49-39(48-47(41)38-11-7-8-12-43(38)50(48)31-32-13-16-35(50)27-32)21-22-51(57-49,34-9-5-4-6-10-34)36-17-20-45(54-2)44(28-36)52-23-25-56-26-24-52/h4-12,14-15,17-22,28-30,32,35H,13,16,23-27,31H2,1-3H3. The van der Waals surface area contributed by atoms with Gasteiger partial charge in [0, 0.05) is 46.1 Å². The summed E-state index contributed by atoms with van der Waals surface area (Å²) in [5.41, 5.74) is 11.2. The van der Waals surface area contributed by atoms with Crippen LogP contribution < -0.4 is 23.8 Å². The maximum Gasteiger partial charge on any atom is 0.178 e. The van der Waals surface area contributed by atoms with Crippen LogP contribution in [0.3, 0.4) is 0 Å². The Balaban J connectivity index is 1.21. The first-order valence-corrected chi connectivity index (χ1v) is 20.5. The van der Waals surface area contributed by atoms with Crippen molar-refractivity contribution in [1.82, 2.24) is 0 Å². The van der Waals surface area contributed by atoms with Crippen molar-refractivity contribution in [2.75, 3.05) is 52.5 Å². The van der Waals surface area contributed by atoms with Gasteiger partial charge in [-0.05, 0) is 107 Å². The molecule has 6 heteroatoms. The van der Waals surface area contributed by atoms with E-state index in [-0.39, 0.29) is 5.41 Å². The average Bonchev–Trinajstić information content (AvgIpc) is 3.99. The minimum atomic E-state index is -0.919. The number of nitrogens with zero attached hydrogens (tertiary/aromatic N) is 1. The number of hydrogen-bond acceptors (Lipinski definition) is 6. The molecule has 0 aromatic heterocycles. The predicted octanol–water partition coefficient (Wildman–Crippen LogP) is 10.8. The van der Waals surface area contributed by atoms with Crippen LogP contribution in [0.2, 0.25) is 0 Å². The quantitative estimate of drug-likeness (QED) is 0.162. The van der Waals surface area contributed by atoms with Gasteiger partial charge in [0.05, 0.1) is 40.2 Å². The van der Waals surface area contributed by atoms with E-state index in [1.807, 2.05) is 12.1 Å². The Morgan fingerprint density at radius 2 is 1.49 bits per heavy atom. The molecule has 0 amide bonds. The number of anilines is 1. The molecule has 3 aliphatic carbocycles. The lowest BCUT2D eigenvalue weighted by atomic mass is 9.65. The van der Waals surface area contributed by atoms with Crippen molar-refractivity contribution in [1.29, 1.82) is 0 Å². The van der Waals surface area contributed by atoms with Crippen molar-refractivity contribution < 1.29 is 23.7 Å². The van der Waals surface area contributed by atoms with E-state index in [1.54, 1.807) is 21.3 Å². The average molecular weight is 754 g/mol. The maximum atomic E-state index is 7.86. The molecule has 6 nitrogen and oxygen atoms in total. The highest BCUT2D eigenvalue weighted by Gasteiger charge is 2.58. The summed E-state index contributed by atoms with van der Waals surface area (Å²) in [7, 11) is 5.23. The number of rotatable bonds is 7. The second-order valence-electron chi connectivity index (χ2n) is 16.4.